The minimum Gasteiger partial charge on any atom is -0.349 e. The molecule has 0 saturated carbocycles. The molecule has 0 spiro atoms. The lowest BCUT2D eigenvalue weighted by Crippen LogP contribution is -2.32. The molecule has 1 aliphatic rings. The van der Waals surface area contributed by atoms with E-state index >= 15 is 0 Å². The predicted molar refractivity (Wildman–Crippen MR) is 68.7 cm³/mol. The number of carbonyl (C=O) groups excluding carboxylic acids is 1. The van der Waals surface area contributed by atoms with Crippen LogP contribution in [0.5, 0.6) is 0 Å². The third kappa shape index (κ3) is 2.03. The second kappa shape index (κ2) is 4.21. The monoisotopic (exact) mass is 225 g/mol. The first kappa shape index (κ1) is 10.3. The summed E-state index contributed by atoms with van der Waals surface area (Å²) in [6.45, 7) is 0. The van der Waals surface area contributed by atoms with Crippen LogP contribution >= 0.6 is 0 Å². The average Bonchev–Trinajstić information content (AvgIpc) is 2.38. The molecule has 1 fully saturated rings. The Hall–Kier alpha value is -1.83. The number of rotatable bonds is 1. The number of nitrogens with one attached hydrogen (secondary N) is 1. The summed E-state index contributed by atoms with van der Waals surface area (Å²) in [4.78, 5) is 11.4. The molecule has 0 unspecified atom stereocenters. The van der Waals surface area contributed by atoms with Crippen LogP contribution in [0.4, 0.5) is 0 Å². The molecule has 1 aliphatic heterocycles. The zero-order valence-electron chi connectivity index (χ0n) is 9.65. The quantitative estimate of drug-likeness (QED) is 0.793. The molecule has 2 heteroatoms. The van der Waals surface area contributed by atoms with E-state index in [1.54, 1.807) is 0 Å². The van der Waals surface area contributed by atoms with Gasteiger partial charge in [-0.15, -0.1) is 0 Å². The van der Waals surface area contributed by atoms with Gasteiger partial charge in [0.05, 0.1) is 6.04 Å². The van der Waals surface area contributed by atoms with Crippen LogP contribution in [0.15, 0.2) is 42.5 Å². The topological polar surface area (TPSA) is 29.1 Å². The van der Waals surface area contributed by atoms with Crippen LogP contribution in [-0.2, 0) is 4.79 Å². The molecule has 1 N–H and O–H groups in total. The zero-order valence-corrected chi connectivity index (χ0v) is 9.65. The Labute approximate surface area is 101 Å². The smallest absolute Gasteiger partial charge is 0.220 e. The number of hydrogen-bond acceptors (Lipinski definition) is 1. The number of piperidine rings is 1. The Kier molecular flexibility index (Phi) is 2.56. The third-order valence-electron chi connectivity index (χ3n) is 3.41. The summed E-state index contributed by atoms with van der Waals surface area (Å²) in [5, 5.41) is 5.55. The first-order valence-electron chi connectivity index (χ1n) is 6.11. The Bertz CT molecular complexity index is 562. The van der Waals surface area contributed by atoms with Crippen molar-refractivity contribution in [2.75, 3.05) is 0 Å². The van der Waals surface area contributed by atoms with E-state index < -0.39 is 0 Å². The fourth-order valence-corrected chi connectivity index (χ4v) is 2.48. The van der Waals surface area contributed by atoms with Gasteiger partial charge in [-0.05, 0) is 35.2 Å². The van der Waals surface area contributed by atoms with Crippen LogP contribution in [0.25, 0.3) is 10.8 Å². The van der Waals surface area contributed by atoms with Gasteiger partial charge in [0.1, 0.15) is 0 Å². The maximum atomic E-state index is 11.4. The number of amides is 1. The number of fused-ring (bicyclic) bond motifs is 1. The molecule has 1 atom stereocenters. The molecule has 1 saturated heterocycles. The lowest BCUT2D eigenvalue weighted by atomic mass is 9.95. The van der Waals surface area contributed by atoms with Crippen LogP contribution in [0.3, 0.4) is 0 Å². The predicted octanol–water partition coefficient (Wildman–Crippen LogP) is 3.18. The van der Waals surface area contributed by atoms with Crippen molar-refractivity contribution in [2.45, 2.75) is 25.3 Å². The molecule has 1 amide bonds. The standard InChI is InChI=1S/C15H15NO/c17-15-7-3-6-14(16-15)13-9-8-11-4-1-2-5-12(11)10-13/h1-2,4-5,8-10,14H,3,6-7H2,(H,16,17)/t14-/m1/s1. The summed E-state index contributed by atoms with van der Waals surface area (Å²) in [7, 11) is 0. The van der Waals surface area contributed by atoms with E-state index in [1.165, 1.54) is 16.3 Å². The van der Waals surface area contributed by atoms with Gasteiger partial charge in [0.25, 0.3) is 0 Å². The van der Waals surface area contributed by atoms with E-state index in [0.29, 0.717) is 6.42 Å². The molecule has 2 aromatic rings. The summed E-state index contributed by atoms with van der Waals surface area (Å²) in [6, 6.07) is 15.0. The summed E-state index contributed by atoms with van der Waals surface area (Å²) >= 11 is 0. The van der Waals surface area contributed by atoms with Gasteiger partial charge in [0.15, 0.2) is 0 Å². The normalized spacial score (nSPS) is 20.2. The Morgan fingerprint density at radius 3 is 2.71 bits per heavy atom. The van der Waals surface area contributed by atoms with Gasteiger partial charge in [-0.3, -0.25) is 4.79 Å². The summed E-state index contributed by atoms with van der Waals surface area (Å²) in [5.41, 5.74) is 1.22. The minimum atomic E-state index is 0.175. The highest BCUT2D eigenvalue weighted by atomic mass is 16.1. The van der Waals surface area contributed by atoms with Crippen LogP contribution < -0.4 is 5.32 Å². The SMILES string of the molecule is O=C1CCC[C@H](c2ccc3ccccc3c2)N1. The van der Waals surface area contributed by atoms with Crippen LogP contribution in [0, 0.1) is 0 Å². The molecule has 0 radical (unpaired) electrons. The van der Waals surface area contributed by atoms with Gasteiger partial charge in [-0.25, -0.2) is 0 Å². The maximum absolute atomic E-state index is 11.4. The summed E-state index contributed by atoms with van der Waals surface area (Å²) < 4.78 is 0. The van der Waals surface area contributed by atoms with Crippen LogP contribution in [-0.4, -0.2) is 5.91 Å². The van der Waals surface area contributed by atoms with Crippen LogP contribution in [0.2, 0.25) is 0 Å². The van der Waals surface area contributed by atoms with Gasteiger partial charge in [-0.1, -0.05) is 36.4 Å². The Balaban J connectivity index is 1.97. The molecule has 2 aromatic carbocycles. The highest BCUT2D eigenvalue weighted by Gasteiger charge is 2.19. The van der Waals surface area contributed by atoms with Crippen molar-refractivity contribution in [3.63, 3.8) is 0 Å². The highest BCUT2D eigenvalue weighted by molar-refractivity contribution is 5.83. The lowest BCUT2D eigenvalue weighted by Gasteiger charge is -2.23. The largest absolute Gasteiger partial charge is 0.349 e. The van der Waals surface area contributed by atoms with E-state index in [0.717, 1.165) is 12.8 Å². The fourth-order valence-electron chi connectivity index (χ4n) is 2.48. The van der Waals surface area contributed by atoms with Gasteiger partial charge in [0.2, 0.25) is 5.91 Å². The van der Waals surface area contributed by atoms with E-state index in [-0.39, 0.29) is 11.9 Å². The van der Waals surface area contributed by atoms with Gasteiger partial charge in [-0.2, -0.15) is 0 Å². The van der Waals surface area contributed by atoms with Gasteiger partial charge < -0.3 is 5.32 Å². The second-order valence-electron chi connectivity index (χ2n) is 4.62. The maximum Gasteiger partial charge on any atom is 0.220 e. The zero-order chi connectivity index (χ0) is 11.7. The first-order valence-corrected chi connectivity index (χ1v) is 6.11. The van der Waals surface area contributed by atoms with Crippen molar-refractivity contribution in [2.24, 2.45) is 0 Å². The van der Waals surface area contributed by atoms with E-state index in [2.05, 4.69) is 35.6 Å². The molecule has 0 aromatic heterocycles. The van der Waals surface area contributed by atoms with Crippen molar-refractivity contribution in [3.8, 4) is 0 Å². The number of carbonyl (C=O) groups is 1. The van der Waals surface area contributed by atoms with Gasteiger partial charge in [0, 0.05) is 6.42 Å². The molecule has 1 heterocycles. The molecular weight excluding hydrogens is 210 g/mol. The summed E-state index contributed by atoms with van der Waals surface area (Å²) in [5.74, 6) is 0.175. The highest BCUT2D eigenvalue weighted by Crippen LogP contribution is 2.26. The second-order valence-corrected chi connectivity index (χ2v) is 4.62. The molecule has 2 nitrogen and oxygen atoms in total. The molecule has 3 rings (SSSR count). The van der Waals surface area contributed by atoms with Crippen molar-refractivity contribution >= 4 is 16.7 Å². The molecule has 17 heavy (non-hydrogen) atoms. The molecule has 86 valence electrons. The lowest BCUT2D eigenvalue weighted by molar-refractivity contribution is -0.123. The minimum absolute atomic E-state index is 0.175. The molecule has 0 aliphatic carbocycles. The van der Waals surface area contributed by atoms with Crippen molar-refractivity contribution in [1.82, 2.24) is 5.32 Å². The van der Waals surface area contributed by atoms with E-state index in [1.807, 2.05) is 12.1 Å². The van der Waals surface area contributed by atoms with Crippen molar-refractivity contribution < 1.29 is 4.79 Å². The molecule has 0 bridgehead atoms. The third-order valence-corrected chi connectivity index (χ3v) is 3.41. The number of benzene rings is 2. The van der Waals surface area contributed by atoms with Gasteiger partial charge >= 0.3 is 0 Å². The first-order chi connectivity index (χ1) is 8.33. The van der Waals surface area contributed by atoms with E-state index in [9.17, 15) is 4.79 Å². The molecular formula is C15H15NO. The Morgan fingerprint density at radius 1 is 1.06 bits per heavy atom. The summed E-state index contributed by atoms with van der Waals surface area (Å²) in [6.07, 6.45) is 2.71. The average molecular weight is 225 g/mol. The fraction of sp³-hybridized carbons (Fsp3) is 0.267. The van der Waals surface area contributed by atoms with Crippen molar-refractivity contribution in [3.05, 3.63) is 48.0 Å². The Morgan fingerprint density at radius 2 is 1.88 bits per heavy atom. The van der Waals surface area contributed by atoms with Crippen LogP contribution in [0.1, 0.15) is 30.9 Å². The van der Waals surface area contributed by atoms with Crippen molar-refractivity contribution in [1.29, 1.82) is 0 Å². The number of hydrogen-bond donors (Lipinski definition) is 1. The van der Waals surface area contributed by atoms with E-state index in [4.69, 9.17) is 0 Å².